The number of nitrogens with one attached hydrogen (secondary N) is 1. The number of imidazole rings is 1. The number of alkyl halides is 3. The maximum absolute atomic E-state index is 12.9. The summed E-state index contributed by atoms with van der Waals surface area (Å²) in [5.41, 5.74) is 0.811. The fourth-order valence-corrected chi connectivity index (χ4v) is 2.98. The molecule has 30 heavy (non-hydrogen) atoms. The molecule has 0 unspecified atom stereocenters. The normalized spacial score (nSPS) is 11.7. The first-order valence-electron chi connectivity index (χ1n) is 9.14. The number of benzene rings is 1. The number of aromatic hydroxyl groups is 1. The molecule has 3 rings (SSSR count). The van der Waals surface area contributed by atoms with Crippen molar-refractivity contribution in [1.82, 2.24) is 14.1 Å². The number of rotatable bonds is 6. The van der Waals surface area contributed by atoms with Gasteiger partial charge in [0.1, 0.15) is 11.6 Å². The van der Waals surface area contributed by atoms with Crippen molar-refractivity contribution < 1.29 is 23.0 Å². The Balaban J connectivity index is 1.92. The van der Waals surface area contributed by atoms with Crippen LogP contribution >= 0.6 is 0 Å². The summed E-state index contributed by atoms with van der Waals surface area (Å²) in [6, 6.07) is 8.44. The van der Waals surface area contributed by atoms with E-state index in [1.165, 1.54) is 16.7 Å². The highest BCUT2D eigenvalue weighted by Gasteiger charge is 2.31. The highest BCUT2D eigenvalue weighted by atomic mass is 19.4. The van der Waals surface area contributed by atoms with Gasteiger partial charge in [0.15, 0.2) is 0 Å². The first-order valence-corrected chi connectivity index (χ1v) is 9.14. The van der Waals surface area contributed by atoms with Gasteiger partial charge < -0.3 is 15.2 Å². The van der Waals surface area contributed by atoms with Crippen LogP contribution in [0.3, 0.4) is 0 Å². The van der Waals surface area contributed by atoms with Crippen LogP contribution in [-0.2, 0) is 6.54 Å². The van der Waals surface area contributed by atoms with Gasteiger partial charge in [-0.1, -0.05) is 0 Å². The Morgan fingerprint density at radius 2 is 1.87 bits per heavy atom. The summed E-state index contributed by atoms with van der Waals surface area (Å²) in [5.74, 6) is -0.0481. The second-order valence-electron chi connectivity index (χ2n) is 7.00. The summed E-state index contributed by atoms with van der Waals surface area (Å²) in [6.45, 7) is 5.73. The smallest absolute Gasteiger partial charge is 0.493 e. The van der Waals surface area contributed by atoms with E-state index in [4.69, 9.17) is 0 Å². The summed E-state index contributed by atoms with van der Waals surface area (Å²) in [4.78, 5) is 17.1. The first-order chi connectivity index (χ1) is 14.0. The first kappa shape index (κ1) is 21.3. The number of anilines is 1. The number of hydrogen-bond acceptors (Lipinski definition) is 5. The molecule has 2 N–H and O–H groups in total. The average molecular weight is 422 g/mol. The van der Waals surface area contributed by atoms with Crippen LogP contribution in [0.25, 0.3) is 5.69 Å². The molecular weight excluding hydrogens is 401 g/mol. The van der Waals surface area contributed by atoms with E-state index in [1.807, 2.05) is 19.9 Å². The van der Waals surface area contributed by atoms with Crippen LogP contribution in [0.2, 0.25) is 0 Å². The van der Waals surface area contributed by atoms with E-state index >= 15 is 0 Å². The lowest BCUT2D eigenvalue weighted by Crippen LogP contribution is -2.24. The Labute approximate surface area is 170 Å². The molecule has 0 radical (unpaired) electrons. The molecule has 0 fully saturated rings. The zero-order valence-electron chi connectivity index (χ0n) is 16.6. The largest absolute Gasteiger partial charge is 0.573 e. The SMILES string of the molecule is Cc1c(O)n(-c2ccc(OC(F)(F)F)cc2)c(=O)n1Cc1ccnc(NC(C)C)c1. The van der Waals surface area contributed by atoms with Gasteiger partial charge in [-0.15, -0.1) is 13.2 Å². The van der Waals surface area contributed by atoms with Crippen molar-refractivity contribution in [2.24, 2.45) is 0 Å². The van der Waals surface area contributed by atoms with Crippen LogP contribution in [0.4, 0.5) is 19.0 Å². The van der Waals surface area contributed by atoms with Gasteiger partial charge in [-0.25, -0.2) is 14.3 Å². The predicted octanol–water partition coefficient (Wildman–Crippen LogP) is 3.82. The molecule has 0 saturated carbocycles. The lowest BCUT2D eigenvalue weighted by molar-refractivity contribution is -0.274. The standard InChI is InChI=1S/C20H21F3N4O3/c1-12(2)25-17-10-14(8-9-24-17)11-26-13(3)18(28)27(19(26)29)15-4-6-16(7-5-15)30-20(21,22)23/h4-10,12,28H,11H2,1-3H3,(H,24,25). The molecule has 0 amide bonds. The van der Waals surface area contributed by atoms with Gasteiger partial charge in [0.2, 0.25) is 5.88 Å². The lowest BCUT2D eigenvalue weighted by atomic mass is 10.2. The van der Waals surface area contributed by atoms with E-state index in [0.29, 0.717) is 11.5 Å². The molecule has 0 saturated heterocycles. The highest BCUT2D eigenvalue weighted by Crippen LogP contribution is 2.26. The van der Waals surface area contributed by atoms with Crippen molar-refractivity contribution in [3.63, 3.8) is 0 Å². The molecule has 0 aliphatic carbocycles. The third-order valence-electron chi connectivity index (χ3n) is 4.29. The average Bonchev–Trinajstić information content (AvgIpc) is 2.85. The molecule has 2 heterocycles. The van der Waals surface area contributed by atoms with Gasteiger partial charge in [-0.2, -0.15) is 0 Å². The second-order valence-corrected chi connectivity index (χ2v) is 7.00. The Bertz CT molecular complexity index is 1090. The second kappa shape index (κ2) is 8.13. The molecule has 160 valence electrons. The van der Waals surface area contributed by atoms with Crippen molar-refractivity contribution in [3.05, 3.63) is 64.3 Å². The minimum atomic E-state index is -4.81. The van der Waals surface area contributed by atoms with Gasteiger partial charge in [-0.05, 0) is 62.7 Å². The third kappa shape index (κ3) is 4.76. The van der Waals surface area contributed by atoms with Gasteiger partial charge >= 0.3 is 12.1 Å². The van der Waals surface area contributed by atoms with Gasteiger partial charge in [0.25, 0.3) is 0 Å². The molecular formula is C20H21F3N4O3. The molecule has 0 spiro atoms. The minimum absolute atomic E-state index is 0.187. The third-order valence-corrected chi connectivity index (χ3v) is 4.29. The summed E-state index contributed by atoms with van der Waals surface area (Å²) >= 11 is 0. The van der Waals surface area contributed by atoms with E-state index in [0.717, 1.165) is 22.3 Å². The van der Waals surface area contributed by atoms with E-state index in [2.05, 4.69) is 15.0 Å². The highest BCUT2D eigenvalue weighted by molar-refractivity contribution is 5.42. The number of ether oxygens (including phenoxy) is 1. The van der Waals surface area contributed by atoms with Gasteiger partial charge in [-0.3, -0.25) is 4.57 Å². The number of nitrogens with zero attached hydrogens (tertiary/aromatic N) is 3. The van der Waals surface area contributed by atoms with Crippen molar-refractivity contribution in [2.75, 3.05) is 5.32 Å². The number of halogens is 3. The van der Waals surface area contributed by atoms with Gasteiger partial charge in [0.05, 0.1) is 17.9 Å². The molecule has 0 aliphatic rings. The van der Waals surface area contributed by atoms with Crippen LogP contribution in [-0.4, -0.2) is 31.6 Å². The van der Waals surface area contributed by atoms with Crippen molar-refractivity contribution >= 4 is 5.82 Å². The Morgan fingerprint density at radius 1 is 1.20 bits per heavy atom. The summed E-state index contributed by atoms with van der Waals surface area (Å²) in [7, 11) is 0. The fourth-order valence-electron chi connectivity index (χ4n) is 2.98. The van der Waals surface area contributed by atoms with Gasteiger partial charge in [0, 0.05) is 12.2 Å². The zero-order chi connectivity index (χ0) is 22.1. The molecule has 2 aromatic heterocycles. The molecule has 0 atom stereocenters. The van der Waals surface area contributed by atoms with Crippen molar-refractivity contribution in [3.8, 4) is 17.3 Å². The number of aromatic nitrogens is 3. The Kier molecular flexibility index (Phi) is 5.77. The van der Waals surface area contributed by atoms with Crippen LogP contribution in [0.5, 0.6) is 11.6 Å². The molecule has 10 heteroatoms. The number of pyridine rings is 1. The predicted molar refractivity (Wildman–Crippen MR) is 105 cm³/mol. The Hall–Kier alpha value is -3.43. The molecule has 7 nitrogen and oxygen atoms in total. The number of hydrogen-bond donors (Lipinski definition) is 2. The van der Waals surface area contributed by atoms with Crippen molar-refractivity contribution in [2.45, 2.75) is 39.7 Å². The van der Waals surface area contributed by atoms with E-state index in [9.17, 15) is 23.1 Å². The minimum Gasteiger partial charge on any atom is -0.493 e. The molecule has 1 aromatic carbocycles. The zero-order valence-corrected chi connectivity index (χ0v) is 16.6. The monoisotopic (exact) mass is 422 g/mol. The van der Waals surface area contributed by atoms with Crippen LogP contribution < -0.4 is 15.7 Å². The van der Waals surface area contributed by atoms with E-state index in [1.54, 1.807) is 19.2 Å². The summed E-state index contributed by atoms with van der Waals surface area (Å²) in [6.07, 6.45) is -3.19. The quantitative estimate of drug-likeness (QED) is 0.631. The molecule has 0 aliphatic heterocycles. The van der Waals surface area contributed by atoms with E-state index < -0.39 is 17.8 Å². The summed E-state index contributed by atoms with van der Waals surface area (Å²) in [5, 5.41) is 13.6. The van der Waals surface area contributed by atoms with E-state index in [-0.39, 0.29) is 24.2 Å². The fraction of sp³-hybridized carbons (Fsp3) is 0.300. The Morgan fingerprint density at radius 3 is 2.47 bits per heavy atom. The van der Waals surface area contributed by atoms with Crippen LogP contribution in [0.15, 0.2) is 47.4 Å². The maximum atomic E-state index is 12.9. The van der Waals surface area contributed by atoms with Crippen molar-refractivity contribution in [1.29, 1.82) is 0 Å². The molecule has 3 aromatic rings. The topological polar surface area (TPSA) is 81.3 Å². The van der Waals surface area contributed by atoms with Crippen LogP contribution in [0.1, 0.15) is 25.1 Å². The van der Waals surface area contributed by atoms with Crippen LogP contribution in [0, 0.1) is 6.92 Å². The summed E-state index contributed by atoms with van der Waals surface area (Å²) < 4.78 is 43.2. The molecule has 0 bridgehead atoms. The lowest BCUT2D eigenvalue weighted by Gasteiger charge is -2.10. The maximum Gasteiger partial charge on any atom is 0.573 e.